The largest absolute Gasteiger partial charge is 0.463 e. The first-order valence-electron chi connectivity index (χ1n) is 5.38. The highest BCUT2D eigenvalue weighted by Gasteiger charge is 2.48. The molecule has 1 saturated heterocycles. The van der Waals surface area contributed by atoms with Crippen LogP contribution >= 0.6 is 0 Å². The van der Waals surface area contributed by atoms with E-state index >= 15 is 0 Å². The summed E-state index contributed by atoms with van der Waals surface area (Å²) < 4.78 is 11.9. The first kappa shape index (κ1) is 12.1. The summed E-state index contributed by atoms with van der Waals surface area (Å²) in [5.41, 5.74) is -0.167. The lowest BCUT2D eigenvalue weighted by Gasteiger charge is -2.47. The molecule has 3 heteroatoms. The molecule has 1 rings (SSSR count). The van der Waals surface area contributed by atoms with Crippen molar-refractivity contribution in [3.63, 3.8) is 0 Å². The Morgan fingerprint density at radius 1 is 0.929 bits per heavy atom. The van der Waals surface area contributed by atoms with E-state index in [1.54, 1.807) is 0 Å². The van der Waals surface area contributed by atoms with Gasteiger partial charge in [0.25, 0.3) is 0 Å². The molecule has 0 bridgehead atoms. The maximum absolute atomic E-state index is 5.95. The van der Waals surface area contributed by atoms with Gasteiger partial charge in [0.2, 0.25) is 0 Å². The van der Waals surface area contributed by atoms with Crippen molar-refractivity contribution >= 4 is 7.12 Å². The molecule has 0 aromatic rings. The Morgan fingerprint density at radius 2 is 1.29 bits per heavy atom. The van der Waals surface area contributed by atoms with Gasteiger partial charge in [-0.1, -0.05) is 20.8 Å². The zero-order valence-corrected chi connectivity index (χ0v) is 10.6. The lowest BCUT2D eigenvalue weighted by Crippen LogP contribution is -2.54. The third-order valence-corrected chi connectivity index (χ3v) is 2.41. The summed E-state index contributed by atoms with van der Waals surface area (Å²) in [6.07, 6.45) is 0.937. The van der Waals surface area contributed by atoms with Gasteiger partial charge < -0.3 is 9.31 Å². The lowest BCUT2D eigenvalue weighted by atomic mass is 9.58. The van der Waals surface area contributed by atoms with Crippen LogP contribution in [0.15, 0.2) is 0 Å². The monoisotopic (exact) mass is 198 g/mol. The maximum atomic E-state index is 5.95. The Bertz CT molecular complexity index is 200. The van der Waals surface area contributed by atoms with Crippen LogP contribution < -0.4 is 0 Å². The molecule has 1 heterocycles. The number of hydrogen-bond donors (Lipinski definition) is 0. The van der Waals surface area contributed by atoms with E-state index in [0.29, 0.717) is 0 Å². The van der Waals surface area contributed by atoms with Gasteiger partial charge in [0, 0.05) is 6.42 Å². The van der Waals surface area contributed by atoms with Gasteiger partial charge in [0.15, 0.2) is 0 Å². The normalized spacial score (nSPS) is 26.4. The van der Waals surface area contributed by atoms with Gasteiger partial charge in [0.1, 0.15) is 0 Å². The zero-order chi connectivity index (χ0) is 11.2. The quantitative estimate of drug-likeness (QED) is 0.556. The molecule has 0 unspecified atom stereocenters. The van der Waals surface area contributed by atoms with E-state index in [4.69, 9.17) is 9.31 Å². The van der Waals surface area contributed by atoms with E-state index < -0.39 is 0 Å². The molecule has 0 aliphatic carbocycles. The van der Waals surface area contributed by atoms with Crippen molar-refractivity contribution in [2.24, 2.45) is 0 Å². The molecule has 82 valence electrons. The third-order valence-electron chi connectivity index (χ3n) is 2.41. The summed E-state index contributed by atoms with van der Waals surface area (Å²) in [7, 11) is -0.110. The fraction of sp³-hybridized carbons (Fsp3) is 1.00. The fourth-order valence-electron chi connectivity index (χ4n) is 2.07. The van der Waals surface area contributed by atoms with Crippen LogP contribution in [-0.4, -0.2) is 18.3 Å². The Labute approximate surface area is 88.5 Å². The van der Waals surface area contributed by atoms with Crippen LogP contribution in [0.3, 0.4) is 0 Å². The van der Waals surface area contributed by atoms with E-state index in [-0.39, 0.29) is 23.6 Å². The Balaban J connectivity index is 2.82. The van der Waals surface area contributed by atoms with E-state index in [9.17, 15) is 0 Å². The summed E-state index contributed by atoms with van der Waals surface area (Å²) in [5, 5.41) is 0.0367. The molecule has 1 aliphatic rings. The fourth-order valence-corrected chi connectivity index (χ4v) is 2.07. The summed E-state index contributed by atoms with van der Waals surface area (Å²) in [4.78, 5) is 0. The van der Waals surface area contributed by atoms with E-state index in [2.05, 4.69) is 48.5 Å². The standard InChI is InChI=1S/C11H23BO2/c1-9(2,3)12-13-10(4,5)8-11(6,7)14-12/h8H2,1-7H3. The lowest BCUT2D eigenvalue weighted by molar-refractivity contribution is -0.0832. The molecule has 1 fully saturated rings. The predicted octanol–water partition coefficient (Wildman–Crippen LogP) is 3.27. The van der Waals surface area contributed by atoms with Crippen molar-refractivity contribution in [3.05, 3.63) is 0 Å². The molecule has 0 aromatic heterocycles. The van der Waals surface area contributed by atoms with E-state index in [1.165, 1.54) is 0 Å². The second kappa shape index (κ2) is 3.24. The Morgan fingerprint density at radius 3 is 1.57 bits per heavy atom. The van der Waals surface area contributed by atoms with Gasteiger partial charge in [-0.2, -0.15) is 0 Å². The minimum absolute atomic E-state index is 0.0367. The molecule has 0 amide bonds. The topological polar surface area (TPSA) is 18.5 Å². The van der Waals surface area contributed by atoms with Gasteiger partial charge in [0.05, 0.1) is 11.2 Å². The van der Waals surface area contributed by atoms with E-state index in [0.717, 1.165) is 6.42 Å². The van der Waals surface area contributed by atoms with Gasteiger partial charge in [-0.15, -0.1) is 0 Å². The molecule has 0 N–H and O–H groups in total. The van der Waals surface area contributed by atoms with Crippen molar-refractivity contribution in [2.75, 3.05) is 0 Å². The van der Waals surface area contributed by atoms with Crippen LogP contribution in [0.25, 0.3) is 0 Å². The number of rotatable bonds is 0. The van der Waals surface area contributed by atoms with Crippen molar-refractivity contribution in [1.29, 1.82) is 0 Å². The van der Waals surface area contributed by atoms with Crippen LogP contribution in [0.5, 0.6) is 0 Å². The molecular weight excluding hydrogens is 175 g/mol. The van der Waals surface area contributed by atoms with Crippen molar-refractivity contribution in [1.82, 2.24) is 0 Å². The molecule has 1 aliphatic heterocycles. The molecular formula is C11H23BO2. The summed E-state index contributed by atoms with van der Waals surface area (Å²) >= 11 is 0. The minimum atomic E-state index is -0.110. The summed E-state index contributed by atoms with van der Waals surface area (Å²) in [5.74, 6) is 0. The second-order valence-corrected chi connectivity index (χ2v) is 6.63. The first-order chi connectivity index (χ1) is 6.02. The smallest absolute Gasteiger partial charge is 0.406 e. The third kappa shape index (κ3) is 2.99. The van der Waals surface area contributed by atoms with Gasteiger partial charge in [-0.25, -0.2) is 0 Å². The van der Waals surface area contributed by atoms with Crippen molar-refractivity contribution < 1.29 is 9.31 Å². The Hall–Kier alpha value is -0.0151. The molecule has 0 atom stereocenters. The van der Waals surface area contributed by atoms with Crippen molar-refractivity contribution in [2.45, 2.75) is 71.4 Å². The maximum Gasteiger partial charge on any atom is 0.463 e. The average molecular weight is 198 g/mol. The van der Waals surface area contributed by atoms with Crippen LogP contribution in [0.1, 0.15) is 54.9 Å². The van der Waals surface area contributed by atoms with E-state index in [1.807, 2.05) is 0 Å². The zero-order valence-electron chi connectivity index (χ0n) is 10.6. The first-order valence-corrected chi connectivity index (χ1v) is 5.38. The van der Waals surface area contributed by atoms with Crippen LogP contribution in [0, 0.1) is 0 Å². The van der Waals surface area contributed by atoms with Crippen LogP contribution in [-0.2, 0) is 9.31 Å². The second-order valence-electron chi connectivity index (χ2n) is 6.63. The summed E-state index contributed by atoms with van der Waals surface area (Å²) in [6.45, 7) is 15.0. The molecule has 0 radical (unpaired) electrons. The van der Waals surface area contributed by atoms with Gasteiger partial charge in [-0.05, 0) is 33.0 Å². The van der Waals surface area contributed by atoms with Gasteiger partial charge in [-0.3, -0.25) is 0 Å². The SMILES string of the molecule is CC1(C)CC(C)(C)OB(C(C)(C)C)O1. The molecule has 2 nitrogen and oxygen atoms in total. The highest BCUT2D eigenvalue weighted by molar-refractivity contribution is 6.48. The van der Waals surface area contributed by atoms with Crippen LogP contribution in [0.4, 0.5) is 0 Å². The number of hydrogen-bond acceptors (Lipinski definition) is 2. The Kier molecular flexibility index (Phi) is 2.79. The van der Waals surface area contributed by atoms with Crippen molar-refractivity contribution in [3.8, 4) is 0 Å². The highest BCUT2D eigenvalue weighted by Crippen LogP contribution is 2.40. The molecule has 0 saturated carbocycles. The highest BCUT2D eigenvalue weighted by atomic mass is 16.6. The van der Waals surface area contributed by atoms with Gasteiger partial charge >= 0.3 is 7.12 Å². The predicted molar refractivity (Wildman–Crippen MR) is 60.4 cm³/mol. The molecule has 0 aromatic carbocycles. The minimum Gasteiger partial charge on any atom is -0.406 e. The molecule has 14 heavy (non-hydrogen) atoms. The molecule has 0 spiro atoms. The average Bonchev–Trinajstić information content (AvgIpc) is 1.76. The van der Waals surface area contributed by atoms with Crippen LogP contribution in [0.2, 0.25) is 5.31 Å². The summed E-state index contributed by atoms with van der Waals surface area (Å²) in [6, 6.07) is 0.